The second-order valence-electron chi connectivity index (χ2n) is 6.44. The first-order valence-electron chi connectivity index (χ1n) is 10.1. The number of carbonyl (C=O) groups excluding carboxylic acids is 1. The number of rotatable bonds is 18. The van der Waals surface area contributed by atoms with Gasteiger partial charge in [0.2, 0.25) is 0 Å². The zero-order valence-corrected chi connectivity index (χ0v) is 17.8. The second-order valence-corrected chi connectivity index (χ2v) is 6.44. The molecule has 0 unspecified atom stereocenters. The van der Waals surface area contributed by atoms with Crippen LogP contribution >= 0.6 is 0 Å². The molecule has 0 saturated carbocycles. The monoisotopic (exact) mass is 446 g/mol. The smallest absolute Gasteiger partial charge is 0.291 e. The maximum absolute atomic E-state index is 10.8. The first-order valence-corrected chi connectivity index (χ1v) is 10.1. The third kappa shape index (κ3) is 12.1. The zero-order chi connectivity index (χ0) is 24.1. The summed E-state index contributed by atoms with van der Waals surface area (Å²) in [7, 11) is 0. The van der Waals surface area contributed by atoms with Crippen molar-refractivity contribution in [2.45, 2.75) is 57.2 Å². The van der Waals surface area contributed by atoms with E-state index >= 15 is 0 Å². The molecule has 0 amide bonds. The lowest BCUT2D eigenvalue weighted by Gasteiger charge is -2.06. The summed E-state index contributed by atoms with van der Waals surface area (Å²) in [5, 5.41) is 32.3. The number of unbranched alkanes of at least 4 members (excludes halogenated alkanes) is 1. The van der Waals surface area contributed by atoms with Gasteiger partial charge >= 0.3 is 5.79 Å². The highest BCUT2D eigenvalue weighted by atomic mass is 16.7. The molecule has 0 aromatic carbocycles. The minimum Gasteiger partial charge on any atom is -0.291 e. The molecule has 0 aromatic rings. The fourth-order valence-electron chi connectivity index (χ4n) is 2.28. The van der Waals surface area contributed by atoms with Gasteiger partial charge in [-0.05, 0) is 38.5 Å². The molecule has 0 aromatic heterocycles. The van der Waals surface area contributed by atoms with Crippen LogP contribution in [0.1, 0.15) is 51.4 Å². The zero-order valence-electron chi connectivity index (χ0n) is 17.8. The highest BCUT2D eigenvalue weighted by Crippen LogP contribution is 2.18. The Labute approximate surface area is 186 Å². The molecule has 173 valence electrons. The van der Waals surface area contributed by atoms with E-state index in [0.29, 0.717) is 19.3 Å². The van der Waals surface area contributed by atoms with Crippen LogP contribution in [0.3, 0.4) is 0 Å². The van der Waals surface area contributed by atoms with Gasteiger partial charge in [0.05, 0.1) is 0 Å². The van der Waals surface area contributed by atoms with Gasteiger partial charge in [-0.25, -0.2) is 0 Å². The summed E-state index contributed by atoms with van der Waals surface area (Å²) in [6.07, 6.45) is 27.9. The van der Waals surface area contributed by atoms with Gasteiger partial charge in [0.1, 0.15) is 0 Å². The molecule has 10 heteroatoms. The average Bonchev–Trinajstić information content (AvgIpc) is 2.74. The van der Waals surface area contributed by atoms with Crippen LogP contribution in [0.2, 0.25) is 0 Å². The van der Waals surface area contributed by atoms with E-state index in [9.17, 15) is 35.1 Å². The quantitative estimate of drug-likeness (QED) is 0.0942. The van der Waals surface area contributed by atoms with Crippen LogP contribution in [0.25, 0.3) is 0 Å². The van der Waals surface area contributed by atoms with E-state index in [1.165, 1.54) is 6.08 Å². The normalized spacial score (nSPS) is 12.9. The molecule has 10 nitrogen and oxygen atoms in total. The van der Waals surface area contributed by atoms with Crippen LogP contribution in [0.4, 0.5) is 0 Å². The van der Waals surface area contributed by atoms with Crippen LogP contribution in [0.5, 0.6) is 0 Å². The lowest BCUT2D eigenvalue weighted by atomic mass is 10.2. The molecular weight excluding hydrogens is 418 g/mol. The Balaban J connectivity index is 4.03. The number of hydrogen-bond donors (Lipinski definition) is 0. The van der Waals surface area contributed by atoms with Gasteiger partial charge in [-0.15, -0.1) is 0 Å². The highest BCUT2D eigenvalue weighted by molar-refractivity contribution is 5.50. The van der Waals surface area contributed by atoms with Crippen molar-refractivity contribution in [2.24, 2.45) is 0 Å². The van der Waals surface area contributed by atoms with E-state index < -0.39 is 27.0 Å². The van der Waals surface area contributed by atoms with Crippen LogP contribution in [0, 0.1) is 30.3 Å². The van der Waals surface area contributed by atoms with Crippen molar-refractivity contribution in [3.63, 3.8) is 0 Å². The first-order chi connectivity index (χ1) is 15.4. The molecule has 0 N–H and O–H groups in total. The predicted molar refractivity (Wildman–Crippen MR) is 121 cm³/mol. The van der Waals surface area contributed by atoms with Gasteiger partial charge < -0.3 is 0 Å². The Morgan fingerprint density at radius 2 is 0.875 bits per heavy atom. The summed E-state index contributed by atoms with van der Waals surface area (Å²) in [5.41, 5.74) is 0. The maximum atomic E-state index is 10.8. The summed E-state index contributed by atoms with van der Waals surface area (Å²) < 4.78 is 0. The Morgan fingerprint density at radius 1 is 0.562 bits per heavy atom. The fraction of sp³-hybridized carbons (Fsp3) is 0.409. The van der Waals surface area contributed by atoms with E-state index in [1.54, 1.807) is 6.08 Å². The van der Waals surface area contributed by atoms with Crippen molar-refractivity contribution in [2.75, 3.05) is 0 Å². The maximum Gasteiger partial charge on any atom is 0.703 e. The summed E-state index contributed by atoms with van der Waals surface area (Å²) in [6, 6.07) is 0. The van der Waals surface area contributed by atoms with Crippen molar-refractivity contribution >= 4 is 6.29 Å². The molecule has 0 fully saturated rings. The van der Waals surface area contributed by atoms with E-state index in [2.05, 4.69) is 24.3 Å². The Morgan fingerprint density at radius 3 is 1.19 bits per heavy atom. The molecular formula is C22H28N3O7. The molecule has 0 spiro atoms. The number of hydrogen-bond acceptors (Lipinski definition) is 7. The molecule has 32 heavy (non-hydrogen) atoms. The summed E-state index contributed by atoms with van der Waals surface area (Å²) >= 11 is 0. The molecule has 0 bridgehead atoms. The molecule has 0 heterocycles. The fourth-order valence-corrected chi connectivity index (χ4v) is 2.28. The Hall–Kier alpha value is -3.69. The number of nitro groups is 3. The lowest BCUT2D eigenvalue weighted by Crippen LogP contribution is -2.52. The third-order valence-corrected chi connectivity index (χ3v) is 4.04. The topological polar surface area (TPSA) is 146 Å². The van der Waals surface area contributed by atoms with E-state index in [4.69, 9.17) is 0 Å². The SMILES string of the molecule is O=[C]CCC=CCC=CCC=CCC=CCC=CCC=CCC([N+](=O)[O-])([N+](=O)[O-])[N+](=O)[O-]. The second kappa shape index (κ2) is 18.1. The summed E-state index contributed by atoms with van der Waals surface area (Å²) in [4.78, 5) is 37.9. The van der Waals surface area contributed by atoms with Crippen LogP contribution < -0.4 is 0 Å². The average molecular weight is 446 g/mol. The standard InChI is InChI=1S/C22H28N3O7/c26-21-19-17-15-13-11-9-7-5-3-1-2-4-6-8-10-12-14-16-18-20-22(23(27)28,24(29)30)25(31)32/h1,3-4,6-7,9-10,12-13,15-16,18H,2,5,8,11,14,17,19-20H2. The molecule has 0 saturated heterocycles. The largest absolute Gasteiger partial charge is 0.703 e. The molecule has 1 radical (unpaired) electrons. The molecule has 0 aliphatic carbocycles. The van der Waals surface area contributed by atoms with Gasteiger partial charge in [0.25, 0.3) is 0 Å². The third-order valence-electron chi connectivity index (χ3n) is 4.04. The van der Waals surface area contributed by atoms with Crippen molar-refractivity contribution in [3.8, 4) is 0 Å². The van der Waals surface area contributed by atoms with E-state index in [1.807, 2.05) is 36.7 Å². The molecule has 0 aliphatic rings. The lowest BCUT2D eigenvalue weighted by molar-refractivity contribution is -0.968. The van der Waals surface area contributed by atoms with Crippen LogP contribution in [-0.4, -0.2) is 26.8 Å². The van der Waals surface area contributed by atoms with Gasteiger partial charge in [-0.3, -0.25) is 35.1 Å². The van der Waals surface area contributed by atoms with Gasteiger partial charge in [0, 0.05) is 6.42 Å². The van der Waals surface area contributed by atoms with Crippen molar-refractivity contribution < 1.29 is 19.6 Å². The summed E-state index contributed by atoms with van der Waals surface area (Å²) in [6.45, 7) is 0. The molecule has 0 atom stereocenters. The predicted octanol–water partition coefficient (Wildman–Crippen LogP) is 5.04. The Bertz CT molecular complexity index is 744. The molecule has 0 rings (SSSR count). The van der Waals surface area contributed by atoms with E-state index in [-0.39, 0.29) is 0 Å². The highest BCUT2D eigenvalue weighted by Gasteiger charge is 2.69. The van der Waals surface area contributed by atoms with Crippen molar-refractivity contribution in [1.82, 2.24) is 0 Å². The van der Waals surface area contributed by atoms with Crippen LogP contribution in [0.15, 0.2) is 72.9 Å². The van der Waals surface area contributed by atoms with Crippen LogP contribution in [-0.2, 0) is 4.79 Å². The van der Waals surface area contributed by atoms with Gasteiger partial charge in [0.15, 0.2) is 27.5 Å². The Kier molecular flexibility index (Phi) is 16.0. The van der Waals surface area contributed by atoms with Crippen molar-refractivity contribution in [3.05, 3.63) is 103 Å². The number of nitrogens with zero attached hydrogens (tertiary/aromatic N) is 3. The first kappa shape index (κ1) is 28.3. The minimum absolute atomic E-state index is 0.355. The van der Waals surface area contributed by atoms with Gasteiger partial charge in [-0.2, -0.15) is 0 Å². The van der Waals surface area contributed by atoms with Crippen molar-refractivity contribution in [1.29, 1.82) is 0 Å². The van der Waals surface area contributed by atoms with E-state index in [0.717, 1.165) is 31.8 Å². The molecule has 0 aliphatic heterocycles. The number of allylic oxidation sites excluding steroid dienone is 11. The summed E-state index contributed by atoms with van der Waals surface area (Å²) in [5.74, 6) is -3.44. The van der Waals surface area contributed by atoms with Gasteiger partial charge in [-0.1, -0.05) is 72.9 Å². The minimum atomic E-state index is -3.44.